The molecule has 2 N–H and O–H groups in total. The molecule has 1 atom stereocenters. The largest absolute Gasteiger partial charge is 0.388 e. The number of imidazole rings is 1. The summed E-state index contributed by atoms with van der Waals surface area (Å²) in [7, 11) is 1.58. The second-order valence-corrected chi connectivity index (χ2v) is 5.92. The van der Waals surface area contributed by atoms with Gasteiger partial charge in [-0.2, -0.15) is 0 Å². The number of hydrogen-bond acceptors (Lipinski definition) is 4. The molecule has 1 aliphatic rings. The van der Waals surface area contributed by atoms with Crippen molar-refractivity contribution in [3.8, 4) is 0 Å². The van der Waals surface area contributed by atoms with Crippen LogP contribution < -0.4 is 5.32 Å². The van der Waals surface area contributed by atoms with Crippen LogP contribution in [0.2, 0.25) is 0 Å². The van der Waals surface area contributed by atoms with Crippen LogP contribution in [0.25, 0.3) is 0 Å². The van der Waals surface area contributed by atoms with Gasteiger partial charge in [-0.15, -0.1) is 0 Å². The second-order valence-electron chi connectivity index (χ2n) is 5.92. The number of aromatic nitrogens is 2. The van der Waals surface area contributed by atoms with Gasteiger partial charge in [0.15, 0.2) is 0 Å². The molecule has 2 rings (SSSR count). The van der Waals surface area contributed by atoms with Crippen molar-refractivity contribution in [2.24, 2.45) is 0 Å². The minimum Gasteiger partial charge on any atom is -0.388 e. The molecule has 0 bridgehead atoms. The van der Waals surface area contributed by atoms with Crippen LogP contribution >= 0.6 is 0 Å². The lowest BCUT2D eigenvalue weighted by Gasteiger charge is -2.39. The third kappa shape index (κ3) is 4.07. The van der Waals surface area contributed by atoms with Crippen molar-refractivity contribution in [1.82, 2.24) is 19.8 Å². The topological polar surface area (TPSA) is 87.5 Å². The van der Waals surface area contributed by atoms with Crippen molar-refractivity contribution in [2.45, 2.75) is 44.8 Å². The molecule has 1 aromatic heterocycles. The summed E-state index contributed by atoms with van der Waals surface area (Å²) in [6.45, 7) is 3.02. The van der Waals surface area contributed by atoms with Gasteiger partial charge in [-0.25, -0.2) is 4.98 Å². The van der Waals surface area contributed by atoms with Crippen LogP contribution in [0.4, 0.5) is 0 Å². The van der Waals surface area contributed by atoms with Crippen molar-refractivity contribution in [2.75, 3.05) is 20.1 Å². The van der Waals surface area contributed by atoms with Gasteiger partial charge in [0.1, 0.15) is 12.4 Å². The predicted molar refractivity (Wildman–Crippen MR) is 81.0 cm³/mol. The molecular formula is C15H24N4O3. The molecule has 1 unspecified atom stereocenters. The van der Waals surface area contributed by atoms with Crippen LogP contribution in [-0.2, 0) is 16.1 Å². The van der Waals surface area contributed by atoms with Gasteiger partial charge >= 0.3 is 0 Å². The lowest BCUT2D eigenvalue weighted by atomic mass is 9.88. The molecule has 0 radical (unpaired) electrons. The van der Waals surface area contributed by atoms with E-state index >= 15 is 0 Å². The van der Waals surface area contributed by atoms with E-state index in [1.165, 1.54) is 0 Å². The van der Waals surface area contributed by atoms with Crippen LogP contribution in [0.15, 0.2) is 12.4 Å². The Morgan fingerprint density at radius 2 is 2.27 bits per heavy atom. The molecule has 2 heterocycles. The Labute approximate surface area is 130 Å². The zero-order valence-electron chi connectivity index (χ0n) is 13.2. The number of aliphatic hydroxyl groups is 1. The maximum absolute atomic E-state index is 12.4. The van der Waals surface area contributed by atoms with Crippen LogP contribution in [0.3, 0.4) is 0 Å². The Kier molecular flexibility index (Phi) is 5.18. The van der Waals surface area contributed by atoms with E-state index in [0.29, 0.717) is 19.4 Å². The van der Waals surface area contributed by atoms with Crippen molar-refractivity contribution in [1.29, 1.82) is 0 Å². The quantitative estimate of drug-likeness (QED) is 0.806. The lowest BCUT2D eigenvalue weighted by Crippen LogP contribution is -2.51. The smallest absolute Gasteiger partial charge is 0.242 e. The molecule has 0 aromatic carbocycles. The number of carbonyl (C=O) groups excluding carboxylic acids is 2. The second kappa shape index (κ2) is 6.91. The number of amides is 2. The van der Waals surface area contributed by atoms with Crippen LogP contribution in [0.5, 0.6) is 0 Å². The van der Waals surface area contributed by atoms with Crippen LogP contribution in [0.1, 0.15) is 31.5 Å². The lowest BCUT2D eigenvalue weighted by molar-refractivity contribution is -0.139. The highest BCUT2D eigenvalue weighted by molar-refractivity contribution is 5.76. The summed E-state index contributed by atoms with van der Waals surface area (Å²) in [6.07, 6.45) is 5.46. The molecule has 7 nitrogen and oxygen atoms in total. The van der Waals surface area contributed by atoms with Crippen molar-refractivity contribution in [3.63, 3.8) is 0 Å². The van der Waals surface area contributed by atoms with E-state index in [-0.39, 0.29) is 31.3 Å². The molecule has 22 heavy (non-hydrogen) atoms. The number of β-amino-alcohol motifs (C(OH)–C–C–N with tert-alkyl or cyclic N) is 1. The molecule has 0 aliphatic carbocycles. The third-order valence-corrected chi connectivity index (χ3v) is 4.23. The predicted octanol–water partition coefficient (Wildman–Crippen LogP) is 0.0712. The van der Waals surface area contributed by atoms with E-state index in [2.05, 4.69) is 10.3 Å². The fourth-order valence-corrected chi connectivity index (χ4v) is 2.82. The molecule has 0 saturated carbocycles. The molecule has 1 saturated heterocycles. The Hall–Kier alpha value is -1.89. The first kappa shape index (κ1) is 16.5. The maximum atomic E-state index is 12.4. The van der Waals surface area contributed by atoms with Gasteiger partial charge in [0, 0.05) is 39.0 Å². The number of hydrogen-bond donors (Lipinski definition) is 2. The molecule has 1 aliphatic heterocycles. The third-order valence-electron chi connectivity index (χ3n) is 4.23. The molecule has 2 amide bonds. The highest BCUT2D eigenvalue weighted by Crippen LogP contribution is 2.26. The number of likely N-dealkylation sites (tertiary alicyclic amines) is 1. The number of carbonyl (C=O) groups is 2. The van der Waals surface area contributed by atoms with Crippen molar-refractivity contribution >= 4 is 11.8 Å². The van der Waals surface area contributed by atoms with Gasteiger partial charge < -0.3 is 19.9 Å². The summed E-state index contributed by atoms with van der Waals surface area (Å²) in [4.78, 5) is 29.5. The number of piperidine rings is 1. The van der Waals surface area contributed by atoms with Crippen LogP contribution in [0, 0.1) is 6.92 Å². The first-order chi connectivity index (χ1) is 10.4. The van der Waals surface area contributed by atoms with E-state index in [4.69, 9.17) is 0 Å². The van der Waals surface area contributed by atoms with E-state index in [1.54, 1.807) is 28.9 Å². The molecule has 1 fully saturated rings. The maximum Gasteiger partial charge on any atom is 0.242 e. The zero-order valence-corrected chi connectivity index (χ0v) is 13.2. The summed E-state index contributed by atoms with van der Waals surface area (Å²) in [5.74, 6) is 0.672. The highest BCUT2D eigenvalue weighted by atomic mass is 16.3. The van der Waals surface area contributed by atoms with E-state index in [1.807, 2.05) is 6.92 Å². The zero-order chi connectivity index (χ0) is 16.2. The SMILES string of the molecule is CNC(=O)CCC1(O)CCCN(C(=O)Cn2ccnc2C)C1. The minimum absolute atomic E-state index is 0.0285. The van der Waals surface area contributed by atoms with E-state index < -0.39 is 5.60 Å². The minimum atomic E-state index is -0.968. The number of nitrogens with zero attached hydrogens (tertiary/aromatic N) is 3. The normalized spacial score (nSPS) is 21.7. The fourth-order valence-electron chi connectivity index (χ4n) is 2.82. The fraction of sp³-hybridized carbons (Fsp3) is 0.667. The summed E-state index contributed by atoms with van der Waals surface area (Å²) in [5.41, 5.74) is -0.968. The average Bonchev–Trinajstić information content (AvgIpc) is 2.90. The van der Waals surface area contributed by atoms with Gasteiger partial charge in [-0.05, 0) is 26.2 Å². The number of aryl methyl sites for hydroxylation is 1. The monoisotopic (exact) mass is 308 g/mol. The summed E-state index contributed by atoms with van der Waals surface area (Å²) < 4.78 is 1.79. The van der Waals surface area contributed by atoms with Crippen molar-refractivity contribution in [3.05, 3.63) is 18.2 Å². The standard InChI is InChI=1S/C15H24N4O3/c1-12-17-7-9-18(12)10-14(21)19-8-3-5-15(22,11-19)6-4-13(20)16-2/h7,9,22H,3-6,8,10-11H2,1-2H3,(H,16,20). The van der Waals surface area contributed by atoms with Gasteiger partial charge in [0.25, 0.3) is 0 Å². The molecule has 1 aromatic rings. The Bertz CT molecular complexity index is 543. The number of nitrogens with one attached hydrogen (secondary N) is 1. The molecule has 7 heteroatoms. The Balaban J connectivity index is 1.93. The summed E-state index contributed by atoms with van der Waals surface area (Å²) in [6, 6.07) is 0. The first-order valence-electron chi connectivity index (χ1n) is 7.62. The molecule has 0 spiro atoms. The summed E-state index contributed by atoms with van der Waals surface area (Å²) >= 11 is 0. The van der Waals surface area contributed by atoms with Crippen molar-refractivity contribution < 1.29 is 14.7 Å². The first-order valence-corrected chi connectivity index (χ1v) is 7.62. The van der Waals surface area contributed by atoms with Gasteiger partial charge in [0.05, 0.1) is 5.60 Å². The highest BCUT2D eigenvalue weighted by Gasteiger charge is 2.35. The molecular weight excluding hydrogens is 284 g/mol. The van der Waals surface area contributed by atoms with Gasteiger partial charge in [0.2, 0.25) is 11.8 Å². The van der Waals surface area contributed by atoms with Gasteiger partial charge in [-0.3, -0.25) is 9.59 Å². The van der Waals surface area contributed by atoms with E-state index in [9.17, 15) is 14.7 Å². The Morgan fingerprint density at radius 3 is 2.91 bits per heavy atom. The van der Waals surface area contributed by atoms with Gasteiger partial charge in [-0.1, -0.05) is 0 Å². The average molecular weight is 308 g/mol. The molecule has 122 valence electrons. The Morgan fingerprint density at radius 1 is 1.50 bits per heavy atom. The van der Waals surface area contributed by atoms with E-state index in [0.717, 1.165) is 12.2 Å². The van der Waals surface area contributed by atoms with Crippen LogP contribution in [-0.4, -0.2) is 57.1 Å². The summed E-state index contributed by atoms with van der Waals surface area (Å²) in [5, 5.41) is 13.2. The number of rotatable bonds is 5.